The number of hydrogen-bond donors (Lipinski definition) is 1. The molecule has 0 aliphatic heterocycles. The molecule has 2 heterocycles. The van der Waals surface area contributed by atoms with Crippen molar-refractivity contribution in [2.75, 3.05) is 11.1 Å². The quantitative estimate of drug-likeness (QED) is 0.618. The van der Waals surface area contributed by atoms with Gasteiger partial charge < -0.3 is 0 Å². The molecule has 1 amide bonds. The first kappa shape index (κ1) is 19.2. The van der Waals surface area contributed by atoms with Crippen molar-refractivity contribution in [3.63, 3.8) is 0 Å². The second kappa shape index (κ2) is 8.00. The molecule has 0 saturated carbocycles. The number of nitrogens with zero attached hydrogens (tertiary/aromatic N) is 6. The summed E-state index contributed by atoms with van der Waals surface area (Å²) in [5.41, 5.74) is -1.08. The fourth-order valence-electron chi connectivity index (χ4n) is 2.05. The van der Waals surface area contributed by atoms with Gasteiger partial charge >= 0.3 is 6.18 Å². The first-order valence-corrected chi connectivity index (χ1v) is 9.38. The van der Waals surface area contributed by atoms with Gasteiger partial charge in [0.05, 0.1) is 17.0 Å². The van der Waals surface area contributed by atoms with E-state index < -0.39 is 17.6 Å². The molecule has 0 fully saturated rings. The molecule has 3 aromatic rings. The normalized spacial score (nSPS) is 11.6. The Kier molecular flexibility index (Phi) is 5.70. The van der Waals surface area contributed by atoms with Crippen molar-refractivity contribution >= 4 is 34.1 Å². The molecule has 0 saturated heterocycles. The van der Waals surface area contributed by atoms with Crippen LogP contribution in [0, 0.1) is 0 Å². The van der Waals surface area contributed by atoms with Crippen LogP contribution in [-0.2, 0) is 17.4 Å². The number of alkyl halides is 3. The number of halogens is 3. The van der Waals surface area contributed by atoms with Gasteiger partial charge in [0.15, 0.2) is 0 Å². The monoisotopic (exact) mass is 415 g/mol. The van der Waals surface area contributed by atoms with E-state index in [9.17, 15) is 18.0 Å². The smallest absolute Gasteiger partial charge is 0.300 e. The fraction of sp³-hybridized carbons (Fsp3) is 0.286. The zero-order chi connectivity index (χ0) is 19.4. The Hall–Kier alpha value is -2.54. The van der Waals surface area contributed by atoms with Crippen LogP contribution >= 0.6 is 23.1 Å². The van der Waals surface area contributed by atoms with Gasteiger partial charge in [-0.05, 0) is 29.0 Å². The Balaban J connectivity index is 1.72. The fourth-order valence-corrected chi connectivity index (χ4v) is 3.43. The summed E-state index contributed by atoms with van der Waals surface area (Å²) in [6.45, 7) is 1.92. The van der Waals surface area contributed by atoms with E-state index in [1.165, 1.54) is 29.5 Å². The molecule has 3 rings (SSSR count). The van der Waals surface area contributed by atoms with Gasteiger partial charge in [-0.3, -0.25) is 10.1 Å². The van der Waals surface area contributed by atoms with E-state index in [1.807, 2.05) is 6.92 Å². The largest absolute Gasteiger partial charge is 0.418 e. The molecule has 0 unspecified atom stereocenters. The maximum absolute atomic E-state index is 13.2. The molecule has 0 aliphatic carbocycles. The molecule has 0 radical (unpaired) electrons. The third-order valence-corrected chi connectivity index (χ3v) is 5.13. The van der Waals surface area contributed by atoms with Gasteiger partial charge in [0.25, 0.3) is 0 Å². The van der Waals surface area contributed by atoms with Crippen molar-refractivity contribution in [1.29, 1.82) is 0 Å². The maximum Gasteiger partial charge on any atom is 0.418 e. The van der Waals surface area contributed by atoms with Crippen LogP contribution in [0.5, 0.6) is 0 Å². The number of tetrazole rings is 1. The van der Waals surface area contributed by atoms with Gasteiger partial charge in [-0.2, -0.15) is 17.9 Å². The third-order valence-electron chi connectivity index (χ3n) is 3.23. The van der Waals surface area contributed by atoms with E-state index in [2.05, 4.69) is 31.0 Å². The van der Waals surface area contributed by atoms with E-state index in [0.717, 1.165) is 27.5 Å². The second-order valence-corrected chi connectivity index (χ2v) is 7.08. The van der Waals surface area contributed by atoms with Crippen molar-refractivity contribution in [3.8, 4) is 5.69 Å². The van der Waals surface area contributed by atoms with Crippen LogP contribution in [0.4, 0.5) is 18.3 Å². The number of benzene rings is 1. The Labute approximate surface area is 159 Å². The number of para-hydroxylation sites is 1. The van der Waals surface area contributed by atoms with Crippen molar-refractivity contribution < 1.29 is 18.0 Å². The van der Waals surface area contributed by atoms with E-state index in [-0.39, 0.29) is 16.6 Å². The minimum Gasteiger partial charge on any atom is -0.300 e. The molecule has 0 spiro atoms. The molecule has 0 atom stereocenters. The highest BCUT2D eigenvalue weighted by molar-refractivity contribution is 7.99. The molecule has 0 bridgehead atoms. The summed E-state index contributed by atoms with van der Waals surface area (Å²) in [4.78, 5) is 12.0. The highest BCUT2D eigenvalue weighted by Crippen LogP contribution is 2.34. The molecule has 8 nitrogen and oxygen atoms in total. The summed E-state index contributed by atoms with van der Waals surface area (Å²) in [6, 6.07) is 4.94. The van der Waals surface area contributed by atoms with Gasteiger partial charge in [-0.1, -0.05) is 42.2 Å². The van der Waals surface area contributed by atoms with E-state index >= 15 is 0 Å². The number of thioether (sulfide) groups is 1. The summed E-state index contributed by atoms with van der Waals surface area (Å²) in [5.74, 6) is -0.493. The lowest BCUT2D eigenvalue weighted by Gasteiger charge is -2.12. The predicted molar refractivity (Wildman–Crippen MR) is 92.8 cm³/mol. The van der Waals surface area contributed by atoms with Gasteiger partial charge in [-0.15, -0.1) is 15.3 Å². The van der Waals surface area contributed by atoms with Crippen LogP contribution in [0.3, 0.4) is 0 Å². The molecule has 13 heteroatoms. The first-order chi connectivity index (χ1) is 12.9. The number of carbonyl (C=O) groups excluding carboxylic acids is 1. The molecule has 27 heavy (non-hydrogen) atoms. The van der Waals surface area contributed by atoms with E-state index in [4.69, 9.17) is 0 Å². The van der Waals surface area contributed by atoms with E-state index in [0.29, 0.717) is 11.6 Å². The van der Waals surface area contributed by atoms with E-state index in [1.54, 1.807) is 0 Å². The van der Waals surface area contributed by atoms with Crippen molar-refractivity contribution in [2.45, 2.75) is 24.7 Å². The van der Waals surface area contributed by atoms with Gasteiger partial charge in [-0.25, -0.2) is 0 Å². The molecule has 1 aromatic carbocycles. The minimum absolute atomic E-state index is 0.0633. The van der Waals surface area contributed by atoms with Crippen LogP contribution in [0.15, 0.2) is 29.4 Å². The van der Waals surface area contributed by atoms with Crippen LogP contribution in [0.1, 0.15) is 17.5 Å². The average molecular weight is 415 g/mol. The Morgan fingerprint density at radius 3 is 2.74 bits per heavy atom. The number of aromatic nitrogens is 6. The Morgan fingerprint density at radius 2 is 2.04 bits per heavy atom. The summed E-state index contributed by atoms with van der Waals surface area (Å²) in [6.07, 6.45) is -3.85. The minimum atomic E-state index is -4.56. The predicted octanol–water partition coefficient (Wildman–Crippen LogP) is 2.83. The number of aryl methyl sites for hydroxylation is 1. The summed E-state index contributed by atoms with van der Waals surface area (Å²) < 4.78 is 40.5. The van der Waals surface area contributed by atoms with Crippen LogP contribution in [0.25, 0.3) is 5.69 Å². The lowest BCUT2D eigenvalue weighted by Crippen LogP contribution is -2.15. The van der Waals surface area contributed by atoms with Crippen LogP contribution in [-0.4, -0.2) is 42.1 Å². The lowest BCUT2D eigenvalue weighted by molar-refractivity contribution is -0.137. The lowest BCUT2D eigenvalue weighted by atomic mass is 10.2. The third kappa shape index (κ3) is 4.60. The van der Waals surface area contributed by atoms with Crippen LogP contribution < -0.4 is 5.32 Å². The zero-order valence-electron chi connectivity index (χ0n) is 13.8. The Morgan fingerprint density at radius 1 is 1.26 bits per heavy atom. The number of anilines is 1. The molecule has 1 N–H and O–H groups in total. The van der Waals surface area contributed by atoms with Crippen molar-refractivity contribution in [1.82, 2.24) is 30.4 Å². The first-order valence-electron chi connectivity index (χ1n) is 7.58. The van der Waals surface area contributed by atoms with Gasteiger partial charge in [0.1, 0.15) is 5.01 Å². The van der Waals surface area contributed by atoms with Gasteiger partial charge in [0.2, 0.25) is 16.2 Å². The summed E-state index contributed by atoms with van der Waals surface area (Å²) in [7, 11) is 0. The highest BCUT2D eigenvalue weighted by Gasteiger charge is 2.34. The summed E-state index contributed by atoms with van der Waals surface area (Å²) >= 11 is 2.17. The molecule has 142 valence electrons. The summed E-state index contributed by atoms with van der Waals surface area (Å²) in [5, 5.41) is 22.3. The SMILES string of the molecule is CCc1nnc(NC(=O)CSc2nnnn2-c2ccccc2C(F)(F)F)s1. The van der Waals surface area contributed by atoms with Crippen LogP contribution in [0.2, 0.25) is 0 Å². The number of amides is 1. The number of carbonyl (C=O) groups is 1. The number of rotatable bonds is 6. The zero-order valence-corrected chi connectivity index (χ0v) is 15.4. The second-order valence-electron chi connectivity index (χ2n) is 5.08. The van der Waals surface area contributed by atoms with Crippen molar-refractivity contribution in [3.05, 3.63) is 34.8 Å². The topological polar surface area (TPSA) is 98.5 Å². The average Bonchev–Trinajstić information content (AvgIpc) is 3.28. The number of nitrogens with one attached hydrogen (secondary N) is 1. The van der Waals surface area contributed by atoms with Gasteiger partial charge in [0, 0.05) is 0 Å². The number of hydrogen-bond acceptors (Lipinski definition) is 8. The highest BCUT2D eigenvalue weighted by atomic mass is 32.2. The maximum atomic E-state index is 13.2. The molecule has 0 aliphatic rings. The van der Waals surface area contributed by atoms with Crippen molar-refractivity contribution in [2.24, 2.45) is 0 Å². The molecule has 2 aromatic heterocycles. The standard InChI is InChI=1S/C14H12F3N7OS2/c1-2-11-19-20-12(27-11)18-10(25)7-26-13-21-22-23-24(13)9-6-4-3-5-8(9)14(15,16)17/h3-6H,2,7H2,1H3,(H,18,20,25). The Bertz CT molecular complexity index is 941. The molecular weight excluding hydrogens is 403 g/mol. The molecular formula is C14H12F3N7OS2.